The molecule has 2 N–H and O–H groups in total. The van der Waals surface area contributed by atoms with Crippen molar-refractivity contribution in [3.63, 3.8) is 0 Å². The number of hydrogen-bond donors (Lipinski definition) is 2. The van der Waals surface area contributed by atoms with Crippen molar-refractivity contribution in [1.29, 1.82) is 0 Å². The predicted octanol–water partition coefficient (Wildman–Crippen LogP) is 1.74. The van der Waals surface area contributed by atoms with Crippen molar-refractivity contribution in [3.8, 4) is 17.2 Å². The van der Waals surface area contributed by atoms with Crippen molar-refractivity contribution >= 4 is 17.5 Å². The average molecular weight is 425 g/mol. The van der Waals surface area contributed by atoms with Gasteiger partial charge in [-0.1, -0.05) is 11.3 Å². The SMILES string of the molecule is COc1ccc(OCC(=O)NCCn2cc(C(=O)Nc3cccc(OC)c3)nn2)cc1. The molecule has 2 amide bonds. The fourth-order valence-electron chi connectivity index (χ4n) is 2.59. The number of methoxy groups -OCH3 is 2. The van der Waals surface area contributed by atoms with E-state index in [1.807, 2.05) is 0 Å². The van der Waals surface area contributed by atoms with Gasteiger partial charge in [-0.05, 0) is 36.4 Å². The summed E-state index contributed by atoms with van der Waals surface area (Å²) in [4.78, 5) is 24.2. The molecule has 31 heavy (non-hydrogen) atoms. The highest BCUT2D eigenvalue weighted by Gasteiger charge is 2.12. The van der Waals surface area contributed by atoms with E-state index in [2.05, 4.69) is 20.9 Å². The van der Waals surface area contributed by atoms with E-state index >= 15 is 0 Å². The van der Waals surface area contributed by atoms with Crippen LogP contribution in [0.1, 0.15) is 10.5 Å². The maximum atomic E-state index is 12.3. The number of anilines is 1. The van der Waals surface area contributed by atoms with Crippen LogP contribution in [0.5, 0.6) is 17.2 Å². The molecule has 1 aromatic heterocycles. The number of amides is 2. The third-order valence-corrected chi connectivity index (χ3v) is 4.19. The summed E-state index contributed by atoms with van der Waals surface area (Å²) in [6, 6.07) is 13.9. The summed E-state index contributed by atoms with van der Waals surface area (Å²) in [6.45, 7) is 0.552. The quantitative estimate of drug-likeness (QED) is 0.508. The van der Waals surface area contributed by atoms with Gasteiger partial charge in [0.05, 0.1) is 27.0 Å². The Balaban J connectivity index is 1.41. The molecule has 3 rings (SSSR count). The summed E-state index contributed by atoms with van der Waals surface area (Å²) >= 11 is 0. The van der Waals surface area contributed by atoms with Gasteiger partial charge in [0, 0.05) is 18.3 Å². The number of rotatable bonds is 10. The molecule has 1 heterocycles. The number of ether oxygens (including phenoxy) is 3. The van der Waals surface area contributed by atoms with Crippen molar-refractivity contribution in [2.45, 2.75) is 6.54 Å². The molecule has 0 bridgehead atoms. The summed E-state index contributed by atoms with van der Waals surface area (Å²) < 4.78 is 17.1. The molecular formula is C21H23N5O5. The standard InChI is InChI=1S/C21H23N5O5/c1-29-16-6-8-17(9-7-16)31-14-20(27)22-10-11-26-13-19(24-25-26)21(28)23-15-4-3-5-18(12-15)30-2/h3-9,12-13H,10-11,14H2,1-2H3,(H,22,27)(H,23,28). The largest absolute Gasteiger partial charge is 0.497 e. The topological polar surface area (TPSA) is 117 Å². The summed E-state index contributed by atoms with van der Waals surface area (Å²) in [6.07, 6.45) is 1.51. The lowest BCUT2D eigenvalue weighted by atomic mass is 10.3. The lowest BCUT2D eigenvalue weighted by Crippen LogP contribution is -2.31. The van der Waals surface area contributed by atoms with Gasteiger partial charge in [0.25, 0.3) is 11.8 Å². The van der Waals surface area contributed by atoms with Crippen molar-refractivity contribution in [1.82, 2.24) is 20.3 Å². The van der Waals surface area contributed by atoms with Crippen LogP contribution in [0.25, 0.3) is 0 Å². The van der Waals surface area contributed by atoms with E-state index in [4.69, 9.17) is 14.2 Å². The third kappa shape index (κ3) is 6.46. The fourth-order valence-corrected chi connectivity index (χ4v) is 2.59. The number of benzene rings is 2. The van der Waals surface area contributed by atoms with Gasteiger partial charge in [0.2, 0.25) is 0 Å². The van der Waals surface area contributed by atoms with Crippen LogP contribution in [-0.2, 0) is 11.3 Å². The number of hydrogen-bond acceptors (Lipinski definition) is 7. The second-order valence-electron chi connectivity index (χ2n) is 6.37. The Morgan fingerprint density at radius 1 is 1.00 bits per heavy atom. The van der Waals surface area contributed by atoms with Gasteiger partial charge in [0.15, 0.2) is 12.3 Å². The van der Waals surface area contributed by atoms with Crippen LogP contribution in [0, 0.1) is 0 Å². The molecule has 0 saturated carbocycles. The zero-order valence-corrected chi connectivity index (χ0v) is 17.2. The summed E-state index contributed by atoms with van der Waals surface area (Å²) in [7, 11) is 3.13. The van der Waals surface area contributed by atoms with Crippen LogP contribution in [-0.4, -0.2) is 54.2 Å². The first-order valence-electron chi connectivity index (χ1n) is 9.46. The molecule has 3 aromatic rings. The lowest BCUT2D eigenvalue weighted by molar-refractivity contribution is -0.123. The zero-order chi connectivity index (χ0) is 22.1. The number of carbonyl (C=O) groups excluding carboxylic acids is 2. The molecule has 0 aliphatic carbocycles. The van der Waals surface area contributed by atoms with E-state index in [1.165, 1.54) is 10.9 Å². The Hall–Kier alpha value is -4.08. The second-order valence-corrected chi connectivity index (χ2v) is 6.37. The number of nitrogens with one attached hydrogen (secondary N) is 2. The molecule has 0 radical (unpaired) electrons. The molecule has 10 nitrogen and oxygen atoms in total. The zero-order valence-electron chi connectivity index (χ0n) is 17.2. The van der Waals surface area contributed by atoms with Gasteiger partial charge in [-0.3, -0.25) is 9.59 Å². The van der Waals surface area contributed by atoms with Gasteiger partial charge in [-0.15, -0.1) is 5.10 Å². The predicted molar refractivity (Wildman–Crippen MR) is 112 cm³/mol. The monoisotopic (exact) mass is 425 g/mol. The van der Waals surface area contributed by atoms with Crippen LogP contribution in [0.3, 0.4) is 0 Å². The first-order valence-corrected chi connectivity index (χ1v) is 9.46. The third-order valence-electron chi connectivity index (χ3n) is 4.19. The molecule has 0 spiro atoms. The first-order chi connectivity index (χ1) is 15.1. The van der Waals surface area contributed by atoms with Crippen LogP contribution in [0.2, 0.25) is 0 Å². The second kappa shape index (κ2) is 10.6. The molecule has 0 saturated heterocycles. The van der Waals surface area contributed by atoms with Gasteiger partial charge in [0.1, 0.15) is 17.2 Å². The summed E-state index contributed by atoms with van der Waals surface area (Å²) in [5.74, 6) is 1.25. The molecule has 2 aromatic carbocycles. The molecule has 10 heteroatoms. The van der Waals surface area contributed by atoms with Gasteiger partial charge in [-0.2, -0.15) is 0 Å². The average Bonchev–Trinajstić information content (AvgIpc) is 3.27. The highest BCUT2D eigenvalue weighted by atomic mass is 16.5. The molecule has 162 valence electrons. The van der Waals surface area contributed by atoms with Crippen LogP contribution in [0.15, 0.2) is 54.7 Å². The first kappa shape index (κ1) is 21.6. The lowest BCUT2D eigenvalue weighted by Gasteiger charge is -2.08. The Morgan fingerprint density at radius 2 is 1.74 bits per heavy atom. The van der Waals surface area contributed by atoms with E-state index < -0.39 is 5.91 Å². The van der Waals surface area contributed by atoms with Gasteiger partial charge < -0.3 is 24.8 Å². The minimum atomic E-state index is -0.392. The smallest absolute Gasteiger partial charge is 0.277 e. The van der Waals surface area contributed by atoms with Crippen LogP contribution < -0.4 is 24.8 Å². The number of aromatic nitrogens is 3. The minimum absolute atomic E-state index is 0.113. The molecule has 0 unspecified atom stereocenters. The normalized spacial score (nSPS) is 10.3. The summed E-state index contributed by atoms with van der Waals surface area (Å²) in [5.41, 5.74) is 0.750. The summed E-state index contributed by atoms with van der Waals surface area (Å²) in [5, 5.41) is 13.2. The molecule has 0 aliphatic rings. The maximum Gasteiger partial charge on any atom is 0.277 e. The van der Waals surface area contributed by atoms with Gasteiger partial charge in [-0.25, -0.2) is 4.68 Å². The number of nitrogens with zero attached hydrogens (tertiary/aromatic N) is 3. The van der Waals surface area contributed by atoms with Crippen LogP contribution >= 0.6 is 0 Å². The Kier molecular flexibility index (Phi) is 7.41. The van der Waals surface area contributed by atoms with E-state index in [9.17, 15) is 9.59 Å². The van der Waals surface area contributed by atoms with Crippen molar-refractivity contribution in [3.05, 3.63) is 60.4 Å². The van der Waals surface area contributed by atoms with Crippen LogP contribution in [0.4, 0.5) is 5.69 Å². The highest BCUT2D eigenvalue weighted by Crippen LogP contribution is 2.17. The molecule has 0 aliphatic heterocycles. The molecule has 0 fully saturated rings. The minimum Gasteiger partial charge on any atom is -0.497 e. The van der Waals surface area contributed by atoms with E-state index in [-0.39, 0.29) is 18.2 Å². The maximum absolute atomic E-state index is 12.3. The Bertz CT molecular complexity index is 1020. The van der Waals surface area contributed by atoms with Gasteiger partial charge >= 0.3 is 0 Å². The van der Waals surface area contributed by atoms with Crippen molar-refractivity contribution < 1.29 is 23.8 Å². The molecule has 0 atom stereocenters. The Morgan fingerprint density at radius 3 is 2.48 bits per heavy atom. The fraction of sp³-hybridized carbons (Fsp3) is 0.238. The Labute approximate surface area is 179 Å². The van der Waals surface area contributed by atoms with Crippen molar-refractivity contribution in [2.24, 2.45) is 0 Å². The van der Waals surface area contributed by atoms with E-state index in [1.54, 1.807) is 62.8 Å². The van der Waals surface area contributed by atoms with Crippen molar-refractivity contribution in [2.75, 3.05) is 32.7 Å². The highest BCUT2D eigenvalue weighted by molar-refractivity contribution is 6.02. The van der Waals surface area contributed by atoms with E-state index in [0.717, 1.165) is 0 Å². The number of carbonyl (C=O) groups is 2. The van der Waals surface area contributed by atoms with E-state index in [0.29, 0.717) is 36.0 Å². The molecular weight excluding hydrogens is 402 g/mol.